The molecule has 0 unspecified atom stereocenters. The van der Waals surface area contributed by atoms with Crippen molar-refractivity contribution in [3.8, 4) is 5.75 Å². The molecule has 2 N–H and O–H groups in total. The fourth-order valence-corrected chi connectivity index (χ4v) is 4.50. The van der Waals surface area contributed by atoms with Gasteiger partial charge in [0.1, 0.15) is 0 Å². The van der Waals surface area contributed by atoms with E-state index < -0.39 is 10.8 Å². The fraction of sp³-hybridized carbons (Fsp3) is 0.333. The molecule has 1 fully saturated rings. The second-order valence-electron chi connectivity index (χ2n) is 6.92. The summed E-state index contributed by atoms with van der Waals surface area (Å²) in [6, 6.07) is 11.5. The minimum atomic E-state index is -0.628. The van der Waals surface area contributed by atoms with Gasteiger partial charge < -0.3 is 15.4 Å². The third kappa shape index (κ3) is 5.73. The van der Waals surface area contributed by atoms with Gasteiger partial charge in [-0.05, 0) is 49.2 Å². The first-order valence-electron chi connectivity index (χ1n) is 9.63. The normalized spacial score (nSPS) is 13.6. The Morgan fingerprint density at radius 1 is 1.17 bits per heavy atom. The summed E-state index contributed by atoms with van der Waals surface area (Å²) in [5, 5.41) is 16.9. The van der Waals surface area contributed by atoms with E-state index in [0.29, 0.717) is 10.9 Å². The van der Waals surface area contributed by atoms with Gasteiger partial charge in [-0.25, -0.2) is 0 Å². The number of nitro benzene ring substituents is 1. The highest BCUT2D eigenvalue weighted by atomic mass is 32.2. The van der Waals surface area contributed by atoms with Gasteiger partial charge in [0.25, 0.3) is 5.91 Å². The summed E-state index contributed by atoms with van der Waals surface area (Å²) in [6.07, 6.45) is 5.09. The van der Waals surface area contributed by atoms with Crippen LogP contribution in [0.5, 0.6) is 5.75 Å². The largest absolute Gasteiger partial charge is 0.490 e. The van der Waals surface area contributed by atoms with Gasteiger partial charge in [0.2, 0.25) is 5.91 Å². The molecule has 2 aromatic rings. The van der Waals surface area contributed by atoms with E-state index >= 15 is 0 Å². The number of methoxy groups -OCH3 is 1. The zero-order chi connectivity index (χ0) is 21.5. The summed E-state index contributed by atoms with van der Waals surface area (Å²) in [5.74, 6) is -0.911. The SMILES string of the molecule is COc1ccc(C(=O)NCC(=O)Nc2ccc(SC3CCCC3)cc2)cc1[N+](=O)[O-]. The second kappa shape index (κ2) is 10.1. The average molecular weight is 429 g/mol. The maximum absolute atomic E-state index is 12.2. The van der Waals surface area contributed by atoms with E-state index in [-0.39, 0.29) is 29.5 Å². The lowest BCUT2D eigenvalue weighted by Gasteiger charge is -2.10. The van der Waals surface area contributed by atoms with Crippen LogP contribution in [0.3, 0.4) is 0 Å². The molecule has 8 nitrogen and oxygen atoms in total. The quantitative estimate of drug-likeness (QED) is 0.485. The standard InChI is InChI=1S/C21H23N3O5S/c1-29-19-11-6-14(12-18(19)24(27)28)21(26)22-13-20(25)23-15-7-9-17(10-8-15)30-16-4-2-3-5-16/h6-12,16H,2-5,13H2,1H3,(H,22,26)(H,23,25). The molecular weight excluding hydrogens is 406 g/mol. The maximum atomic E-state index is 12.2. The Hall–Kier alpha value is -3.07. The lowest BCUT2D eigenvalue weighted by atomic mass is 10.1. The summed E-state index contributed by atoms with van der Waals surface area (Å²) in [5.41, 5.74) is 0.402. The monoisotopic (exact) mass is 429 g/mol. The third-order valence-electron chi connectivity index (χ3n) is 4.79. The third-order valence-corrected chi connectivity index (χ3v) is 6.14. The van der Waals surface area contributed by atoms with E-state index in [1.54, 1.807) is 0 Å². The van der Waals surface area contributed by atoms with Gasteiger partial charge in [-0.2, -0.15) is 0 Å². The van der Waals surface area contributed by atoms with Crippen LogP contribution in [-0.2, 0) is 4.79 Å². The van der Waals surface area contributed by atoms with Crippen molar-refractivity contribution < 1.29 is 19.2 Å². The van der Waals surface area contributed by atoms with Gasteiger partial charge >= 0.3 is 5.69 Å². The van der Waals surface area contributed by atoms with E-state index in [1.165, 1.54) is 49.8 Å². The van der Waals surface area contributed by atoms with Crippen molar-refractivity contribution in [3.63, 3.8) is 0 Å². The van der Waals surface area contributed by atoms with Crippen molar-refractivity contribution in [1.82, 2.24) is 5.32 Å². The lowest BCUT2D eigenvalue weighted by Crippen LogP contribution is -2.32. The number of carbonyl (C=O) groups excluding carboxylic acids is 2. The number of nitrogens with zero attached hydrogens (tertiary/aromatic N) is 1. The second-order valence-corrected chi connectivity index (χ2v) is 8.30. The number of benzene rings is 2. The Bertz CT molecular complexity index is 927. The molecule has 0 heterocycles. The molecule has 9 heteroatoms. The predicted octanol–water partition coefficient (Wildman–Crippen LogP) is 4.01. The van der Waals surface area contributed by atoms with E-state index in [4.69, 9.17) is 4.74 Å². The number of nitrogens with one attached hydrogen (secondary N) is 2. The first-order valence-corrected chi connectivity index (χ1v) is 10.5. The average Bonchev–Trinajstić information content (AvgIpc) is 3.26. The number of hydrogen-bond donors (Lipinski definition) is 2. The fourth-order valence-electron chi connectivity index (χ4n) is 3.26. The molecule has 158 valence electrons. The van der Waals surface area contributed by atoms with Gasteiger partial charge in [-0.3, -0.25) is 19.7 Å². The zero-order valence-corrected chi connectivity index (χ0v) is 17.4. The molecule has 0 atom stereocenters. The summed E-state index contributed by atoms with van der Waals surface area (Å²) in [6.45, 7) is -0.253. The Labute approximate surface area is 178 Å². The van der Waals surface area contributed by atoms with Crippen LogP contribution in [0.2, 0.25) is 0 Å². The van der Waals surface area contributed by atoms with Crippen molar-refractivity contribution in [2.45, 2.75) is 35.8 Å². The Balaban J connectivity index is 1.51. The molecule has 0 saturated heterocycles. The first kappa shape index (κ1) is 21.6. The Morgan fingerprint density at radius 2 is 1.87 bits per heavy atom. The van der Waals surface area contributed by atoms with E-state index in [1.807, 2.05) is 36.0 Å². The van der Waals surface area contributed by atoms with Crippen LogP contribution in [0, 0.1) is 10.1 Å². The molecule has 1 aliphatic rings. The highest BCUT2D eigenvalue weighted by molar-refractivity contribution is 8.00. The van der Waals surface area contributed by atoms with Gasteiger partial charge in [-0.15, -0.1) is 11.8 Å². The number of thioether (sulfide) groups is 1. The molecular formula is C21H23N3O5S. The van der Waals surface area contributed by atoms with Gasteiger partial charge in [0.15, 0.2) is 5.75 Å². The van der Waals surface area contributed by atoms with Crippen LogP contribution >= 0.6 is 11.8 Å². The molecule has 30 heavy (non-hydrogen) atoms. The minimum absolute atomic E-state index is 0.0591. The van der Waals surface area contributed by atoms with Crippen molar-refractivity contribution in [2.24, 2.45) is 0 Å². The van der Waals surface area contributed by atoms with E-state index in [0.717, 1.165) is 6.07 Å². The van der Waals surface area contributed by atoms with Crippen molar-refractivity contribution >= 4 is 35.0 Å². The molecule has 0 aliphatic heterocycles. The number of rotatable bonds is 8. The number of amides is 2. The van der Waals surface area contributed by atoms with Crippen molar-refractivity contribution in [2.75, 3.05) is 19.0 Å². The molecule has 0 radical (unpaired) electrons. The molecule has 1 saturated carbocycles. The van der Waals surface area contributed by atoms with Gasteiger partial charge in [-0.1, -0.05) is 12.8 Å². The van der Waals surface area contributed by atoms with E-state index in [9.17, 15) is 19.7 Å². The number of carbonyl (C=O) groups is 2. The number of ether oxygens (including phenoxy) is 1. The summed E-state index contributed by atoms with van der Waals surface area (Å²) in [4.78, 5) is 36.0. The number of nitro groups is 1. The summed E-state index contributed by atoms with van der Waals surface area (Å²) >= 11 is 1.87. The van der Waals surface area contributed by atoms with Crippen molar-refractivity contribution in [3.05, 3.63) is 58.1 Å². The molecule has 0 aromatic heterocycles. The zero-order valence-electron chi connectivity index (χ0n) is 16.6. The molecule has 2 amide bonds. The molecule has 3 rings (SSSR count). The summed E-state index contributed by atoms with van der Waals surface area (Å²) < 4.78 is 4.91. The van der Waals surface area contributed by atoms with Crippen LogP contribution in [-0.4, -0.2) is 35.6 Å². The van der Waals surface area contributed by atoms with Crippen molar-refractivity contribution in [1.29, 1.82) is 0 Å². The van der Waals surface area contributed by atoms with Crippen LogP contribution in [0.15, 0.2) is 47.4 Å². The highest BCUT2D eigenvalue weighted by Crippen LogP contribution is 2.35. The smallest absolute Gasteiger partial charge is 0.311 e. The molecule has 0 bridgehead atoms. The summed E-state index contributed by atoms with van der Waals surface area (Å²) in [7, 11) is 1.31. The topological polar surface area (TPSA) is 111 Å². The number of hydrogen-bond acceptors (Lipinski definition) is 6. The first-order chi connectivity index (χ1) is 14.5. The van der Waals surface area contributed by atoms with E-state index in [2.05, 4.69) is 10.6 Å². The number of anilines is 1. The van der Waals surface area contributed by atoms with Crippen LogP contribution in [0.25, 0.3) is 0 Å². The molecule has 1 aliphatic carbocycles. The van der Waals surface area contributed by atoms with Gasteiger partial charge in [0, 0.05) is 27.5 Å². The Morgan fingerprint density at radius 3 is 2.50 bits per heavy atom. The highest BCUT2D eigenvalue weighted by Gasteiger charge is 2.19. The van der Waals surface area contributed by atoms with Crippen LogP contribution in [0.1, 0.15) is 36.0 Å². The maximum Gasteiger partial charge on any atom is 0.311 e. The lowest BCUT2D eigenvalue weighted by molar-refractivity contribution is -0.385. The Kier molecular flexibility index (Phi) is 7.29. The van der Waals surface area contributed by atoms with Crippen LogP contribution in [0.4, 0.5) is 11.4 Å². The minimum Gasteiger partial charge on any atom is -0.490 e. The molecule has 2 aromatic carbocycles. The van der Waals surface area contributed by atoms with Crippen LogP contribution < -0.4 is 15.4 Å². The molecule has 0 spiro atoms. The predicted molar refractivity (Wildman–Crippen MR) is 115 cm³/mol. The van der Waals surface area contributed by atoms with Gasteiger partial charge in [0.05, 0.1) is 18.6 Å².